The fourth-order valence-corrected chi connectivity index (χ4v) is 2.48. The van der Waals surface area contributed by atoms with Crippen LogP contribution >= 0.6 is 0 Å². The van der Waals surface area contributed by atoms with Gasteiger partial charge in [0.1, 0.15) is 11.6 Å². The second-order valence-corrected chi connectivity index (χ2v) is 4.98. The quantitative estimate of drug-likeness (QED) is 0.928. The summed E-state index contributed by atoms with van der Waals surface area (Å²) in [6, 6.07) is 11.9. The molecule has 0 radical (unpaired) electrons. The van der Waals surface area contributed by atoms with Gasteiger partial charge in [0, 0.05) is 23.7 Å². The number of ether oxygens (including phenoxy) is 1. The lowest BCUT2D eigenvalue weighted by atomic mass is 9.94. The molecule has 1 N–H and O–H groups in total. The van der Waals surface area contributed by atoms with E-state index in [1.54, 1.807) is 18.2 Å². The summed E-state index contributed by atoms with van der Waals surface area (Å²) in [4.78, 5) is 4.55. The zero-order valence-electron chi connectivity index (χ0n) is 11.2. The largest absolute Gasteiger partial charge is 0.439 e. The summed E-state index contributed by atoms with van der Waals surface area (Å²) < 4.78 is 18.8. The van der Waals surface area contributed by atoms with E-state index in [-0.39, 0.29) is 5.82 Å². The smallest absolute Gasteiger partial charge is 0.219 e. The first-order chi connectivity index (χ1) is 9.81. The molecule has 0 amide bonds. The summed E-state index contributed by atoms with van der Waals surface area (Å²) >= 11 is 0. The van der Waals surface area contributed by atoms with Crippen LogP contribution in [-0.4, -0.2) is 18.1 Å². The molecule has 0 atom stereocenters. The molecule has 1 saturated heterocycles. The molecule has 1 fully saturated rings. The Morgan fingerprint density at radius 2 is 1.90 bits per heavy atom. The van der Waals surface area contributed by atoms with Crippen LogP contribution in [-0.2, 0) is 0 Å². The second-order valence-electron chi connectivity index (χ2n) is 4.98. The summed E-state index contributed by atoms with van der Waals surface area (Å²) in [6.45, 7) is 2.06. The van der Waals surface area contributed by atoms with Crippen LogP contribution in [0.5, 0.6) is 11.6 Å². The predicted molar refractivity (Wildman–Crippen MR) is 75.6 cm³/mol. The normalized spacial score (nSPS) is 16.1. The standard InChI is InChI=1S/C16H17FN2O/c17-13-3-1-4-14(11-13)20-16-6-2-5-15(19-16)12-7-9-18-10-8-12/h1-6,11-12,18H,7-10H2. The molecule has 2 aromatic rings. The van der Waals surface area contributed by atoms with E-state index in [1.807, 2.05) is 12.1 Å². The van der Waals surface area contributed by atoms with Gasteiger partial charge in [-0.15, -0.1) is 0 Å². The minimum absolute atomic E-state index is 0.308. The van der Waals surface area contributed by atoms with Gasteiger partial charge in [0.2, 0.25) is 5.88 Å². The third-order valence-electron chi connectivity index (χ3n) is 3.52. The fourth-order valence-electron chi connectivity index (χ4n) is 2.48. The molecule has 1 aliphatic heterocycles. The molecule has 1 aromatic carbocycles. The van der Waals surface area contributed by atoms with Gasteiger partial charge in [-0.05, 0) is 44.1 Å². The van der Waals surface area contributed by atoms with Crippen molar-refractivity contribution in [3.8, 4) is 11.6 Å². The molecule has 1 aliphatic rings. The third-order valence-corrected chi connectivity index (χ3v) is 3.52. The van der Waals surface area contributed by atoms with E-state index in [0.717, 1.165) is 31.6 Å². The Kier molecular flexibility index (Phi) is 3.92. The van der Waals surface area contributed by atoms with E-state index in [0.29, 0.717) is 17.5 Å². The van der Waals surface area contributed by atoms with Crippen molar-refractivity contribution in [2.45, 2.75) is 18.8 Å². The van der Waals surface area contributed by atoms with Crippen LogP contribution in [0.2, 0.25) is 0 Å². The fraction of sp³-hybridized carbons (Fsp3) is 0.312. The summed E-state index contributed by atoms with van der Waals surface area (Å²) in [6.07, 6.45) is 2.19. The van der Waals surface area contributed by atoms with Gasteiger partial charge < -0.3 is 10.1 Å². The predicted octanol–water partition coefficient (Wildman–Crippen LogP) is 3.48. The molecular weight excluding hydrogens is 255 g/mol. The molecule has 104 valence electrons. The van der Waals surface area contributed by atoms with E-state index >= 15 is 0 Å². The molecule has 0 unspecified atom stereocenters. The van der Waals surface area contributed by atoms with E-state index in [1.165, 1.54) is 12.1 Å². The average molecular weight is 272 g/mol. The number of benzene rings is 1. The molecule has 2 heterocycles. The highest BCUT2D eigenvalue weighted by Gasteiger charge is 2.16. The van der Waals surface area contributed by atoms with Crippen LogP contribution < -0.4 is 10.1 Å². The van der Waals surface area contributed by atoms with E-state index < -0.39 is 0 Å². The summed E-state index contributed by atoms with van der Waals surface area (Å²) in [5, 5.41) is 3.34. The Bertz CT molecular complexity index is 582. The van der Waals surface area contributed by atoms with Crippen LogP contribution in [0.15, 0.2) is 42.5 Å². The molecule has 3 rings (SSSR count). The minimum atomic E-state index is -0.308. The van der Waals surface area contributed by atoms with Gasteiger partial charge in [-0.2, -0.15) is 0 Å². The van der Waals surface area contributed by atoms with Crippen molar-refractivity contribution in [1.29, 1.82) is 0 Å². The molecule has 0 bridgehead atoms. The first kappa shape index (κ1) is 13.1. The zero-order chi connectivity index (χ0) is 13.8. The van der Waals surface area contributed by atoms with Crippen molar-refractivity contribution in [2.75, 3.05) is 13.1 Å². The van der Waals surface area contributed by atoms with Crippen molar-refractivity contribution in [3.63, 3.8) is 0 Å². The topological polar surface area (TPSA) is 34.1 Å². The number of hydrogen-bond donors (Lipinski definition) is 1. The highest BCUT2D eigenvalue weighted by Crippen LogP contribution is 2.26. The monoisotopic (exact) mass is 272 g/mol. The lowest BCUT2D eigenvalue weighted by molar-refractivity contribution is 0.432. The van der Waals surface area contributed by atoms with Crippen LogP contribution in [0.3, 0.4) is 0 Å². The maximum atomic E-state index is 13.1. The van der Waals surface area contributed by atoms with Crippen LogP contribution in [0, 0.1) is 5.82 Å². The molecule has 3 nitrogen and oxygen atoms in total. The SMILES string of the molecule is Fc1cccc(Oc2cccc(C3CCNCC3)n2)c1. The Labute approximate surface area is 117 Å². The third kappa shape index (κ3) is 3.14. The maximum absolute atomic E-state index is 13.1. The highest BCUT2D eigenvalue weighted by atomic mass is 19.1. The number of hydrogen-bond acceptors (Lipinski definition) is 3. The number of nitrogens with zero attached hydrogens (tertiary/aromatic N) is 1. The Morgan fingerprint density at radius 3 is 2.70 bits per heavy atom. The average Bonchev–Trinajstić information content (AvgIpc) is 2.48. The van der Waals surface area contributed by atoms with Gasteiger partial charge >= 0.3 is 0 Å². The molecule has 0 saturated carbocycles. The number of halogens is 1. The number of aromatic nitrogens is 1. The molecular formula is C16H17FN2O. The van der Waals surface area contributed by atoms with Gasteiger partial charge in [-0.3, -0.25) is 0 Å². The van der Waals surface area contributed by atoms with Crippen molar-refractivity contribution in [1.82, 2.24) is 10.3 Å². The van der Waals surface area contributed by atoms with E-state index in [2.05, 4.69) is 10.3 Å². The zero-order valence-corrected chi connectivity index (χ0v) is 11.2. The van der Waals surface area contributed by atoms with Crippen molar-refractivity contribution >= 4 is 0 Å². The minimum Gasteiger partial charge on any atom is -0.439 e. The van der Waals surface area contributed by atoms with Gasteiger partial charge in [-0.25, -0.2) is 9.37 Å². The second kappa shape index (κ2) is 6.01. The lowest BCUT2D eigenvalue weighted by Crippen LogP contribution is -2.27. The van der Waals surface area contributed by atoms with Crippen molar-refractivity contribution in [2.24, 2.45) is 0 Å². The van der Waals surface area contributed by atoms with E-state index in [4.69, 9.17) is 4.74 Å². The van der Waals surface area contributed by atoms with Crippen molar-refractivity contribution < 1.29 is 9.13 Å². The number of pyridine rings is 1. The first-order valence-electron chi connectivity index (χ1n) is 6.92. The lowest BCUT2D eigenvalue weighted by Gasteiger charge is -2.22. The molecule has 1 aromatic heterocycles. The molecule has 0 aliphatic carbocycles. The Balaban J connectivity index is 1.77. The highest BCUT2D eigenvalue weighted by molar-refractivity contribution is 5.28. The molecule has 4 heteroatoms. The maximum Gasteiger partial charge on any atom is 0.219 e. The first-order valence-corrected chi connectivity index (χ1v) is 6.92. The number of rotatable bonds is 3. The summed E-state index contributed by atoms with van der Waals surface area (Å²) in [7, 11) is 0. The van der Waals surface area contributed by atoms with Gasteiger partial charge in [0.05, 0.1) is 0 Å². The number of piperidine rings is 1. The van der Waals surface area contributed by atoms with Crippen LogP contribution in [0.1, 0.15) is 24.5 Å². The van der Waals surface area contributed by atoms with Crippen molar-refractivity contribution in [3.05, 3.63) is 54.0 Å². The van der Waals surface area contributed by atoms with Gasteiger partial charge in [-0.1, -0.05) is 12.1 Å². The molecule has 0 spiro atoms. The molecule has 20 heavy (non-hydrogen) atoms. The number of nitrogens with one attached hydrogen (secondary N) is 1. The Morgan fingerprint density at radius 1 is 1.10 bits per heavy atom. The van der Waals surface area contributed by atoms with Crippen LogP contribution in [0.4, 0.5) is 4.39 Å². The Hall–Kier alpha value is -1.94. The van der Waals surface area contributed by atoms with Gasteiger partial charge in [0.15, 0.2) is 0 Å². The van der Waals surface area contributed by atoms with E-state index in [9.17, 15) is 4.39 Å². The summed E-state index contributed by atoms with van der Waals surface area (Å²) in [5.41, 5.74) is 1.06. The van der Waals surface area contributed by atoms with Crippen LogP contribution in [0.25, 0.3) is 0 Å². The van der Waals surface area contributed by atoms with Gasteiger partial charge in [0.25, 0.3) is 0 Å². The summed E-state index contributed by atoms with van der Waals surface area (Å²) in [5.74, 6) is 1.16.